The average Bonchev–Trinajstić information content (AvgIpc) is 3.53. The van der Waals surface area contributed by atoms with Crippen LogP contribution in [0.5, 0.6) is 0 Å². The van der Waals surface area contributed by atoms with Crippen LogP contribution in [-0.2, 0) is 14.8 Å². The molecule has 2 fully saturated rings. The monoisotopic (exact) mass is 461 g/mol. The van der Waals surface area contributed by atoms with Crippen molar-refractivity contribution in [3.05, 3.63) is 46.8 Å². The zero-order chi connectivity index (χ0) is 20.7. The molecule has 2 aromatic heterocycles. The van der Waals surface area contributed by atoms with Gasteiger partial charge in [-0.25, -0.2) is 13.4 Å². The number of likely N-dealkylation sites (tertiary alicyclic amines) is 1. The number of para-hydroxylation sites is 1. The molecule has 0 N–H and O–H groups in total. The van der Waals surface area contributed by atoms with Gasteiger partial charge in [0.1, 0.15) is 9.22 Å². The van der Waals surface area contributed by atoms with E-state index in [9.17, 15) is 13.2 Å². The van der Waals surface area contributed by atoms with Crippen LogP contribution in [0.25, 0.3) is 10.2 Å². The highest BCUT2D eigenvalue weighted by molar-refractivity contribution is 7.91. The maximum Gasteiger partial charge on any atom is 0.252 e. The quantitative estimate of drug-likeness (QED) is 0.586. The molecular formula is C21H23N3O3S3. The molecule has 2 aliphatic rings. The topological polar surface area (TPSA) is 70.6 Å². The summed E-state index contributed by atoms with van der Waals surface area (Å²) in [4.78, 5) is 20.1. The van der Waals surface area contributed by atoms with Gasteiger partial charge >= 0.3 is 0 Å². The third kappa shape index (κ3) is 3.57. The Labute approximate surface area is 184 Å². The van der Waals surface area contributed by atoms with Gasteiger partial charge in [0.25, 0.3) is 10.0 Å². The molecule has 4 heterocycles. The Morgan fingerprint density at radius 3 is 2.57 bits per heavy atom. The standard InChI is InChI=1S/C21H23N3O3S3/c25-21(15-9-12-23(13-10-15)30(26,27)19-8-4-14-28-19)24-11-3-6-17(24)20-22-16-5-1-2-7-18(16)29-20/h1-2,4-5,7-8,14-15,17H,3,6,9-13H2/t17-/m0/s1. The van der Waals surface area contributed by atoms with Crippen LogP contribution < -0.4 is 0 Å². The molecule has 0 radical (unpaired) electrons. The van der Waals surface area contributed by atoms with Crippen molar-refractivity contribution in [1.29, 1.82) is 0 Å². The van der Waals surface area contributed by atoms with E-state index in [4.69, 9.17) is 4.98 Å². The van der Waals surface area contributed by atoms with Gasteiger partial charge in [-0.1, -0.05) is 18.2 Å². The van der Waals surface area contributed by atoms with Crippen molar-refractivity contribution in [2.75, 3.05) is 19.6 Å². The number of piperidine rings is 1. The van der Waals surface area contributed by atoms with E-state index in [-0.39, 0.29) is 17.9 Å². The Morgan fingerprint density at radius 2 is 1.83 bits per heavy atom. The van der Waals surface area contributed by atoms with Crippen LogP contribution >= 0.6 is 22.7 Å². The lowest BCUT2D eigenvalue weighted by Crippen LogP contribution is -2.44. The SMILES string of the molecule is O=C(C1CCN(S(=O)(=O)c2cccs2)CC1)N1CCC[C@H]1c1nc2ccccc2s1. The van der Waals surface area contributed by atoms with Crippen molar-refractivity contribution < 1.29 is 13.2 Å². The Balaban J connectivity index is 1.28. The Kier molecular flexibility index (Phi) is 5.38. The van der Waals surface area contributed by atoms with Gasteiger partial charge < -0.3 is 4.90 Å². The van der Waals surface area contributed by atoms with Gasteiger partial charge in [-0.05, 0) is 49.3 Å². The van der Waals surface area contributed by atoms with E-state index in [2.05, 4.69) is 6.07 Å². The number of hydrogen-bond donors (Lipinski definition) is 0. The van der Waals surface area contributed by atoms with E-state index in [0.29, 0.717) is 30.1 Å². The fraction of sp³-hybridized carbons (Fsp3) is 0.429. The number of hydrogen-bond acceptors (Lipinski definition) is 6. The Bertz CT molecular complexity index is 1120. The van der Waals surface area contributed by atoms with E-state index in [0.717, 1.165) is 34.6 Å². The molecule has 2 aliphatic heterocycles. The molecule has 158 valence electrons. The van der Waals surface area contributed by atoms with Crippen LogP contribution in [-0.4, -0.2) is 48.1 Å². The summed E-state index contributed by atoms with van der Waals surface area (Å²) >= 11 is 2.91. The minimum absolute atomic E-state index is 0.0442. The largest absolute Gasteiger partial charge is 0.333 e. The van der Waals surface area contributed by atoms with Crippen molar-refractivity contribution >= 4 is 48.8 Å². The zero-order valence-electron chi connectivity index (χ0n) is 16.4. The average molecular weight is 462 g/mol. The zero-order valence-corrected chi connectivity index (χ0v) is 18.9. The lowest BCUT2D eigenvalue weighted by Gasteiger charge is -2.33. The fourth-order valence-corrected chi connectivity index (χ4v) is 8.16. The van der Waals surface area contributed by atoms with Gasteiger partial charge in [0.2, 0.25) is 5.91 Å². The van der Waals surface area contributed by atoms with Crippen LogP contribution in [0.3, 0.4) is 0 Å². The first-order valence-corrected chi connectivity index (χ1v) is 13.4. The number of thiophene rings is 1. The normalized spacial score (nSPS) is 21.5. The van der Waals surface area contributed by atoms with E-state index < -0.39 is 10.0 Å². The number of fused-ring (bicyclic) bond motifs is 1. The molecule has 3 aromatic rings. The summed E-state index contributed by atoms with van der Waals surface area (Å²) < 4.78 is 28.5. The van der Waals surface area contributed by atoms with E-state index in [1.54, 1.807) is 28.8 Å². The molecular weight excluding hydrogens is 438 g/mol. The molecule has 5 rings (SSSR count). The summed E-state index contributed by atoms with van der Waals surface area (Å²) in [6.07, 6.45) is 3.08. The van der Waals surface area contributed by atoms with Crippen molar-refractivity contribution in [3.8, 4) is 0 Å². The third-order valence-electron chi connectivity index (χ3n) is 6.02. The molecule has 0 spiro atoms. The molecule has 0 unspecified atom stereocenters. The van der Waals surface area contributed by atoms with Gasteiger partial charge in [0, 0.05) is 25.6 Å². The highest BCUT2D eigenvalue weighted by Crippen LogP contribution is 2.38. The summed E-state index contributed by atoms with van der Waals surface area (Å²) in [6.45, 7) is 1.56. The Hall–Kier alpha value is -1.81. The van der Waals surface area contributed by atoms with Crippen molar-refractivity contribution in [1.82, 2.24) is 14.2 Å². The number of amides is 1. The fourth-order valence-electron chi connectivity index (χ4n) is 4.43. The minimum Gasteiger partial charge on any atom is -0.333 e. The summed E-state index contributed by atoms with van der Waals surface area (Å²) in [5, 5.41) is 2.79. The number of nitrogens with zero attached hydrogens (tertiary/aromatic N) is 3. The number of benzene rings is 1. The first-order valence-electron chi connectivity index (χ1n) is 10.2. The van der Waals surface area contributed by atoms with E-state index in [1.165, 1.54) is 15.6 Å². The summed E-state index contributed by atoms with van der Waals surface area (Å²) in [5.74, 6) is 0.0414. The lowest BCUT2D eigenvalue weighted by molar-refractivity contribution is -0.137. The van der Waals surface area contributed by atoms with Crippen molar-refractivity contribution in [2.45, 2.75) is 35.9 Å². The first kappa shape index (κ1) is 20.1. The second-order valence-electron chi connectivity index (χ2n) is 7.82. The van der Waals surface area contributed by atoms with Crippen molar-refractivity contribution in [2.24, 2.45) is 5.92 Å². The number of sulfonamides is 1. The van der Waals surface area contributed by atoms with Crippen LogP contribution in [0.1, 0.15) is 36.7 Å². The first-order chi connectivity index (χ1) is 14.5. The molecule has 6 nitrogen and oxygen atoms in total. The number of aromatic nitrogens is 1. The summed E-state index contributed by atoms with van der Waals surface area (Å²) in [5.41, 5.74) is 0.990. The second-order valence-corrected chi connectivity index (χ2v) is 12.0. The third-order valence-corrected chi connectivity index (χ3v) is 10.4. The van der Waals surface area contributed by atoms with Crippen molar-refractivity contribution in [3.63, 3.8) is 0 Å². The molecule has 1 atom stereocenters. The van der Waals surface area contributed by atoms with Gasteiger partial charge in [0.05, 0.1) is 16.3 Å². The number of thiazole rings is 1. The number of carbonyl (C=O) groups excluding carboxylic acids is 1. The smallest absolute Gasteiger partial charge is 0.252 e. The van der Waals surface area contributed by atoms with E-state index >= 15 is 0 Å². The molecule has 2 saturated heterocycles. The molecule has 30 heavy (non-hydrogen) atoms. The number of carbonyl (C=O) groups is 1. The summed E-state index contributed by atoms with van der Waals surface area (Å²) in [7, 11) is -3.44. The molecule has 0 aliphatic carbocycles. The van der Waals surface area contributed by atoms with Gasteiger partial charge in [-0.2, -0.15) is 4.31 Å². The van der Waals surface area contributed by atoms with Gasteiger partial charge in [-0.15, -0.1) is 22.7 Å². The van der Waals surface area contributed by atoms with Crippen LogP contribution in [0.4, 0.5) is 0 Å². The van der Waals surface area contributed by atoms with E-state index in [1.807, 2.05) is 23.1 Å². The maximum absolute atomic E-state index is 13.3. The maximum atomic E-state index is 13.3. The van der Waals surface area contributed by atoms with Crippen LogP contribution in [0.15, 0.2) is 46.0 Å². The molecule has 0 saturated carbocycles. The van der Waals surface area contributed by atoms with Crippen LogP contribution in [0.2, 0.25) is 0 Å². The predicted molar refractivity (Wildman–Crippen MR) is 119 cm³/mol. The minimum atomic E-state index is -3.44. The number of rotatable bonds is 4. The molecule has 0 bridgehead atoms. The molecule has 1 aromatic carbocycles. The van der Waals surface area contributed by atoms with Crippen LogP contribution in [0, 0.1) is 5.92 Å². The highest BCUT2D eigenvalue weighted by atomic mass is 32.2. The van der Waals surface area contributed by atoms with Gasteiger partial charge in [-0.3, -0.25) is 4.79 Å². The molecule has 1 amide bonds. The summed E-state index contributed by atoms with van der Waals surface area (Å²) in [6, 6.07) is 11.5. The Morgan fingerprint density at radius 1 is 1.03 bits per heavy atom. The van der Waals surface area contributed by atoms with Gasteiger partial charge in [0.15, 0.2) is 0 Å². The lowest BCUT2D eigenvalue weighted by atomic mass is 9.96. The highest BCUT2D eigenvalue weighted by Gasteiger charge is 2.38. The second kappa shape index (κ2) is 8.03. The predicted octanol–water partition coefficient (Wildman–Crippen LogP) is 4.12. The molecule has 9 heteroatoms.